The Kier molecular flexibility index (Phi) is 7.14. The van der Waals surface area contributed by atoms with Gasteiger partial charge in [0.25, 0.3) is 0 Å². The second kappa shape index (κ2) is 10.2. The number of anilines is 2. The third-order valence-corrected chi connectivity index (χ3v) is 8.11. The van der Waals surface area contributed by atoms with Crippen molar-refractivity contribution in [2.45, 2.75) is 26.4 Å². The van der Waals surface area contributed by atoms with Crippen molar-refractivity contribution in [1.82, 2.24) is 4.57 Å². The Morgan fingerprint density at radius 2 is 1.90 bits per heavy atom. The zero-order valence-corrected chi connectivity index (χ0v) is 24.3. The van der Waals surface area contributed by atoms with Crippen molar-refractivity contribution >= 4 is 46.1 Å². The van der Waals surface area contributed by atoms with Crippen molar-refractivity contribution in [2.75, 3.05) is 36.1 Å². The number of aryl methyl sites for hydroxylation is 1. The van der Waals surface area contributed by atoms with Crippen LogP contribution < -0.4 is 39.2 Å². The van der Waals surface area contributed by atoms with Gasteiger partial charge in [-0.15, -0.1) is 0 Å². The van der Waals surface area contributed by atoms with Crippen molar-refractivity contribution in [3.63, 3.8) is 0 Å². The molecule has 0 amide bonds. The third-order valence-electron chi connectivity index (χ3n) is 8.11. The molecular formula is C28H26F2IN5O5. The van der Waals surface area contributed by atoms with E-state index in [1.807, 2.05) is 36.1 Å². The van der Waals surface area contributed by atoms with Crippen LogP contribution in [0.1, 0.15) is 29.8 Å². The quantitative estimate of drug-likeness (QED) is 0.302. The lowest BCUT2D eigenvalue weighted by Gasteiger charge is -2.43. The molecule has 0 radical (unpaired) electrons. The summed E-state index contributed by atoms with van der Waals surface area (Å²) in [6.07, 6.45) is 2.69. The summed E-state index contributed by atoms with van der Waals surface area (Å²) in [5.41, 5.74) is -0.224. The number of hydrogen-bond donors (Lipinski definition) is 2. The lowest BCUT2D eigenvalue weighted by atomic mass is 10.0. The van der Waals surface area contributed by atoms with Gasteiger partial charge >= 0.3 is 11.9 Å². The van der Waals surface area contributed by atoms with E-state index in [-0.39, 0.29) is 76.4 Å². The molecule has 41 heavy (non-hydrogen) atoms. The van der Waals surface area contributed by atoms with Gasteiger partial charge in [0.2, 0.25) is 11.3 Å². The van der Waals surface area contributed by atoms with Gasteiger partial charge in [-0.2, -0.15) is 4.59 Å². The SMILES string of the molecule is CCn1cc(C(=O)O)c(=O)c2cc(F)c(N3CC[N+]4(CN5C(=N4)C(C(=O)O)=Cc4ccccc45)C(C)C3)c(F)c21.[I-]. The van der Waals surface area contributed by atoms with Gasteiger partial charge in [0.05, 0.1) is 29.7 Å². The molecular weight excluding hydrogens is 651 g/mol. The highest BCUT2D eigenvalue weighted by Gasteiger charge is 2.50. The number of piperazine rings is 1. The number of rotatable bonds is 4. The number of hydrogen-bond acceptors (Lipinski definition) is 6. The molecule has 2 unspecified atom stereocenters. The van der Waals surface area contributed by atoms with Crippen LogP contribution in [0.25, 0.3) is 17.0 Å². The summed E-state index contributed by atoms with van der Waals surface area (Å²) in [5, 5.41) is 23.8. The normalized spacial score (nSPS) is 21.2. The molecule has 0 bridgehead atoms. The fraction of sp³-hybridized carbons (Fsp3) is 0.286. The Morgan fingerprint density at radius 1 is 1.17 bits per heavy atom. The fourth-order valence-electron chi connectivity index (χ4n) is 6.01. The number of halogens is 3. The molecule has 1 spiro atoms. The Bertz CT molecular complexity index is 1760. The minimum atomic E-state index is -1.47. The molecule has 4 heterocycles. The van der Waals surface area contributed by atoms with Gasteiger partial charge in [0, 0.05) is 12.7 Å². The maximum atomic E-state index is 16.0. The van der Waals surface area contributed by atoms with E-state index in [1.54, 1.807) is 17.9 Å². The smallest absolute Gasteiger partial charge is 0.341 e. The number of aromatic carboxylic acids is 1. The number of aromatic nitrogens is 1. The van der Waals surface area contributed by atoms with Crippen LogP contribution in [-0.2, 0) is 11.3 Å². The first-order valence-electron chi connectivity index (χ1n) is 12.9. The highest BCUT2D eigenvalue weighted by Crippen LogP contribution is 2.39. The first-order valence-corrected chi connectivity index (χ1v) is 12.9. The lowest BCUT2D eigenvalue weighted by molar-refractivity contribution is -0.950. The summed E-state index contributed by atoms with van der Waals surface area (Å²) in [4.78, 5) is 39.8. The van der Waals surface area contributed by atoms with Gasteiger partial charge in [-0.05, 0) is 37.6 Å². The number of aliphatic carboxylic acids is 1. The van der Waals surface area contributed by atoms with Crippen LogP contribution in [0.3, 0.4) is 0 Å². The number of fused-ring (bicyclic) bond motifs is 4. The van der Waals surface area contributed by atoms with Crippen LogP contribution in [0, 0.1) is 11.6 Å². The zero-order chi connectivity index (χ0) is 28.5. The first-order chi connectivity index (χ1) is 19.1. The number of amidine groups is 1. The highest BCUT2D eigenvalue weighted by atomic mass is 127. The fourth-order valence-corrected chi connectivity index (χ4v) is 6.01. The van der Waals surface area contributed by atoms with E-state index in [0.29, 0.717) is 19.0 Å². The van der Waals surface area contributed by atoms with Gasteiger partial charge in [0.15, 0.2) is 12.5 Å². The molecule has 2 atom stereocenters. The Labute approximate surface area is 250 Å². The number of nitrogens with zero attached hydrogens (tertiary/aromatic N) is 5. The molecule has 2 aromatic carbocycles. The summed E-state index contributed by atoms with van der Waals surface area (Å²) < 4.78 is 33.0. The molecule has 1 aromatic heterocycles. The number of quaternary nitrogens is 1. The number of carboxylic acid groups (broad SMARTS) is 2. The molecule has 10 nitrogen and oxygen atoms in total. The van der Waals surface area contributed by atoms with Gasteiger partial charge in [-0.25, -0.2) is 18.4 Å². The van der Waals surface area contributed by atoms with Crippen LogP contribution in [0.4, 0.5) is 20.2 Å². The Morgan fingerprint density at radius 3 is 2.56 bits per heavy atom. The molecule has 3 aromatic rings. The van der Waals surface area contributed by atoms with Crippen molar-refractivity contribution in [3.05, 3.63) is 75.1 Å². The van der Waals surface area contributed by atoms with Crippen LogP contribution in [0.5, 0.6) is 0 Å². The van der Waals surface area contributed by atoms with Crippen molar-refractivity contribution < 1.29 is 57.2 Å². The molecule has 1 saturated heterocycles. The van der Waals surface area contributed by atoms with Gasteiger partial charge < -0.3 is 43.7 Å². The average molecular weight is 677 g/mol. The predicted molar refractivity (Wildman–Crippen MR) is 144 cm³/mol. The number of para-hydroxylation sites is 1. The van der Waals surface area contributed by atoms with Crippen molar-refractivity contribution in [3.8, 4) is 0 Å². The molecule has 6 rings (SSSR count). The molecule has 13 heteroatoms. The second-order valence-corrected chi connectivity index (χ2v) is 10.3. The summed E-state index contributed by atoms with van der Waals surface area (Å²) in [6, 6.07) is 8.11. The minimum Gasteiger partial charge on any atom is -1.00 e. The monoisotopic (exact) mass is 677 g/mol. The van der Waals surface area contributed by atoms with E-state index in [1.165, 1.54) is 4.57 Å². The molecule has 0 saturated carbocycles. The maximum Gasteiger partial charge on any atom is 0.341 e. The Balaban J connectivity index is 0.00000337. The van der Waals surface area contributed by atoms with Crippen LogP contribution in [-0.4, -0.2) is 69.5 Å². The highest BCUT2D eigenvalue weighted by molar-refractivity contribution is 6.29. The van der Waals surface area contributed by atoms with Gasteiger partial charge in [-0.1, -0.05) is 23.3 Å². The van der Waals surface area contributed by atoms with Crippen LogP contribution in [0.2, 0.25) is 0 Å². The molecule has 1 fully saturated rings. The number of carboxylic acids is 2. The minimum absolute atomic E-state index is 0. The molecule has 214 valence electrons. The molecule has 3 aliphatic rings. The number of pyridine rings is 1. The largest absolute Gasteiger partial charge is 1.00 e. The van der Waals surface area contributed by atoms with E-state index < -0.39 is 34.6 Å². The summed E-state index contributed by atoms with van der Waals surface area (Å²) in [7, 11) is 0. The standard InChI is InChI=1S/C28H25F2N5O5.HI/c1-3-32-13-19(28(39)40)25(36)17-11-20(29)24(22(30)23(17)32)33-8-9-35(15(2)12-33)14-34-21-7-5-4-6-16(21)10-18(27(37)38)26(34)31-35;/h4-7,10-11,13,15H,3,8-9,12,14H2,1-2H3,(H-,37,38,39,40);1H. The van der Waals surface area contributed by atoms with Gasteiger partial charge in [0.1, 0.15) is 35.2 Å². The van der Waals surface area contributed by atoms with E-state index >= 15 is 8.78 Å². The van der Waals surface area contributed by atoms with Crippen LogP contribution >= 0.6 is 0 Å². The van der Waals surface area contributed by atoms with Crippen LogP contribution in [0.15, 0.2) is 52.0 Å². The van der Waals surface area contributed by atoms with E-state index in [0.717, 1.165) is 23.5 Å². The molecule has 3 aliphatic heterocycles. The summed E-state index contributed by atoms with van der Waals surface area (Å²) >= 11 is 0. The maximum absolute atomic E-state index is 16.0. The molecule has 2 N–H and O–H groups in total. The van der Waals surface area contributed by atoms with E-state index in [9.17, 15) is 24.6 Å². The summed E-state index contributed by atoms with van der Waals surface area (Å²) in [6.45, 7) is 4.90. The zero-order valence-electron chi connectivity index (χ0n) is 22.1. The lowest BCUT2D eigenvalue weighted by Crippen LogP contribution is -3.00. The van der Waals surface area contributed by atoms with Gasteiger partial charge in [-0.3, -0.25) is 9.69 Å². The second-order valence-electron chi connectivity index (χ2n) is 10.3. The molecule has 0 aliphatic carbocycles. The summed E-state index contributed by atoms with van der Waals surface area (Å²) in [5.74, 6) is -4.08. The average Bonchev–Trinajstić information content (AvgIpc) is 3.31. The van der Waals surface area contributed by atoms with E-state index in [2.05, 4.69) is 0 Å². The van der Waals surface area contributed by atoms with Crippen molar-refractivity contribution in [1.29, 1.82) is 0 Å². The van der Waals surface area contributed by atoms with Crippen molar-refractivity contribution in [2.24, 2.45) is 5.10 Å². The number of benzene rings is 2. The Hall–Kier alpha value is -3.85. The van der Waals surface area contributed by atoms with E-state index in [4.69, 9.17) is 5.10 Å². The third kappa shape index (κ3) is 4.29. The number of carbonyl (C=O) groups is 2. The predicted octanol–water partition coefficient (Wildman–Crippen LogP) is 0.300. The topological polar surface area (TPSA) is 115 Å². The first kappa shape index (κ1) is 28.7.